The first-order chi connectivity index (χ1) is 7.92. The number of thiophene rings is 1. The molecule has 17 heavy (non-hydrogen) atoms. The maximum Gasteiger partial charge on any atom is 0.215 e. The molecule has 0 aromatic carbocycles. The van der Waals surface area contributed by atoms with Gasteiger partial charge in [-0.2, -0.15) is 11.3 Å². The van der Waals surface area contributed by atoms with Gasteiger partial charge in [-0.1, -0.05) is 13.8 Å². The Balaban J connectivity index is 2.44. The molecule has 0 radical (unpaired) electrons. The molecule has 0 saturated heterocycles. The van der Waals surface area contributed by atoms with E-state index in [9.17, 15) is 8.42 Å². The van der Waals surface area contributed by atoms with Gasteiger partial charge in [0.2, 0.25) is 10.0 Å². The second kappa shape index (κ2) is 6.49. The predicted molar refractivity (Wildman–Crippen MR) is 72.7 cm³/mol. The number of sulfonamides is 1. The van der Waals surface area contributed by atoms with Crippen LogP contribution in [0.15, 0.2) is 16.8 Å². The van der Waals surface area contributed by atoms with Gasteiger partial charge in [-0.15, -0.1) is 0 Å². The fourth-order valence-corrected chi connectivity index (χ4v) is 2.87. The standard InChI is InChI=1S/C11H20N2O2S2/c1-9(2)12-6-10(3)17(14,15)13-7-11-4-5-16-8-11/h4-5,8-10,12-13H,6-7H2,1-3H3. The average Bonchev–Trinajstić information content (AvgIpc) is 2.75. The van der Waals surface area contributed by atoms with Crippen LogP contribution in [0.3, 0.4) is 0 Å². The Bertz CT molecular complexity index is 413. The van der Waals surface area contributed by atoms with E-state index in [1.807, 2.05) is 30.7 Å². The number of rotatable bonds is 7. The minimum atomic E-state index is -3.24. The molecule has 6 heteroatoms. The minimum absolute atomic E-state index is 0.296. The molecular formula is C11H20N2O2S2. The van der Waals surface area contributed by atoms with Crippen molar-refractivity contribution < 1.29 is 8.42 Å². The van der Waals surface area contributed by atoms with Crippen molar-refractivity contribution in [2.24, 2.45) is 0 Å². The summed E-state index contributed by atoms with van der Waals surface area (Å²) in [5.74, 6) is 0. The van der Waals surface area contributed by atoms with E-state index in [1.54, 1.807) is 18.3 Å². The van der Waals surface area contributed by atoms with E-state index in [4.69, 9.17) is 0 Å². The largest absolute Gasteiger partial charge is 0.313 e. The highest BCUT2D eigenvalue weighted by molar-refractivity contribution is 7.90. The van der Waals surface area contributed by atoms with Crippen LogP contribution in [0.5, 0.6) is 0 Å². The zero-order chi connectivity index (χ0) is 12.9. The van der Waals surface area contributed by atoms with Crippen LogP contribution >= 0.6 is 11.3 Å². The van der Waals surface area contributed by atoms with E-state index >= 15 is 0 Å². The van der Waals surface area contributed by atoms with Crippen molar-refractivity contribution in [3.8, 4) is 0 Å². The van der Waals surface area contributed by atoms with Gasteiger partial charge in [0.25, 0.3) is 0 Å². The predicted octanol–water partition coefficient (Wildman–Crippen LogP) is 1.55. The summed E-state index contributed by atoms with van der Waals surface area (Å²) in [6, 6.07) is 2.22. The van der Waals surface area contributed by atoms with E-state index in [0.29, 0.717) is 19.1 Å². The van der Waals surface area contributed by atoms with Crippen LogP contribution in [-0.2, 0) is 16.6 Å². The Labute approximate surface area is 107 Å². The summed E-state index contributed by atoms with van der Waals surface area (Å²) in [6.07, 6.45) is 0. The summed E-state index contributed by atoms with van der Waals surface area (Å²) < 4.78 is 26.4. The molecular weight excluding hydrogens is 256 g/mol. The highest BCUT2D eigenvalue weighted by Crippen LogP contribution is 2.07. The lowest BCUT2D eigenvalue weighted by Gasteiger charge is -2.16. The zero-order valence-corrected chi connectivity index (χ0v) is 12.1. The van der Waals surface area contributed by atoms with Crippen LogP contribution in [0.25, 0.3) is 0 Å². The van der Waals surface area contributed by atoms with Crippen molar-refractivity contribution in [2.75, 3.05) is 6.54 Å². The molecule has 1 atom stereocenters. The Kier molecular flexibility index (Phi) is 5.58. The third-order valence-electron chi connectivity index (χ3n) is 2.40. The van der Waals surface area contributed by atoms with Crippen LogP contribution in [0.4, 0.5) is 0 Å². The van der Waals surface area contributed by atoms with E-state index in [2.05, 4.69) is 10.0 Å². The van der Waals surface area contributed by atoms with Crippen molar-refractivity contribution in [2.45, 2.75) is 38.6 Å². The summed E-state index contributed by atoms with van der Waals surface area (Å²) in [5, 5.41) is 6.58. The number of hydrogen-bond acceptors (Lipinski definition) is 4. The molecule has 0 aliphatic rings. The van der Waals surface area contributed by atoms with Gasteiger partial charge in [0, 0.05) is 19.1 Å². The Morgan fingerprint density at radius 2 is 2.06 bits per heavy atom. The molecule has 4 nitrogen and oxygen atoms in total. The smallest absolute Gasteiger partial charge is 0.215 e. The second-order valence-corrected chi connectivity index (χ2v) is 7.33. The van der Waals surface area contributed by atoms with E-state index < -0.39 is 15.3 Å². The molecule has 0 saturated carbocycles. The molecule has 2 N–H and O–H groups in total. The topological polar surface area (TPSA) is 58.2 Å². The molecule has 1 aromatic rings. The fraction of sp³-hybridized carbons (Fsp3) is 0.636. The van der Waals surface area contributed by atoms with Gasteiger partial charge in [-0.3, -0.25) is 0 Å². The van der Waals surface area contributed by atoms with Crippen LogP contribution in [0, 0.1) is 0 Å². The molecule has 1 aromatic heterocycles. The number of nitrogens with one attached hydrogen (secondary N) is 2. The lowest BCUT2D eigenvalue weighted by molar-refractivity contribution is 0.540. The van der Waals surface area contributed by atoms with Gasteiger partial charge in [0.1, 0.15) is 0 Å². The van der Waals surface area contributed by atoms with E-state index in [0.717, 1.165) is 5.56 Å². The van der Waals surface area contributed by atoms with Crippen molar-refractivity contribution >= 4 is 21.4 Å². The van der Waals surface area contributed by atoms with Gasteiger partial charge in [0.15, 0.2) is 0 Å². The van der Waals surface area contributed by atoms with Crippen LogP contribution < -0.4 is 10.0 Å². The number of hydrogen-bond donors (Lipinski definition) is 2. The zero-order valence-electron chi connectivity index (χ0n) is 10.4. The summed E-state index contributed by atoms with van der Waals surface area (Å²) in [5.41, 5.74) is 1.00. The van der Waals surface area contributed by atoms with Crippen LogP contribution in [-0.4, -0.2) is 26.3 Å². The normalized spacial score (nSPS) is 14.1. The van der Waals surface area contributed by atoms with Crippen LogP contribution in [0.1, 0.15) is 26.3 Å². The van der Waals surface area contributed by atoms with Gasteiger partial charge >= 0.3 is 0 Å². The molecule has 98 valence electrons. The van der Waals surface area contributed by atoms with Gasteiger partial charge in [-0.25, -0.2) is 13.1 Å². The SMILES string of the molecule is CC(C)NCC(C)S(=O)(=O)NCc1ccsc1. The first kappa shape index (κ1) is 14.6. The summed E-state index contributed by atoms with van der Waals surface area (Å²) in [4.78, 5) is 0. The first-order valence-corrected chi connectivity index (χ1v) is 8.13. The quantitative estimate of drug-likeness (QED) is 0.794. The lowest BCUT2D eigenvalue weighted by Crippen LogP contribution is -2.40. The molecule has 0 aliphatic carbocycles. The monoisotopic (exact) mass is 276 g/mol. The van der Waals surface area contributed by atoms with Crippen molar-refractivity contribution in [1.29, 1.82) is 0 Å². The summed E-state index contributed by atoms with van der Waals surface area (Å²) in [7, 11) is -3.24. The second-order valence-electron chi connectivity index (χ2n) is 4.37. The molecule has 0 aliphatic heterocycles. The fourth-order valence-electron chi connectivity index (χ4n) is 1.23. The molecule has 0 fully saturated rings. The highest BCUT2D eigenvalue weighted by Gasteiger charge is 2.20. The Morgan fingerprint density at radius 3 is 2.59 bits per heavy atom. The van der Waals surface area contributed by atoms with E-state index in [1.165, 1.54) is 0 Å². The average molecular weight is 276 g/mol. The van der Waals surface area contributed by atoms with Crippen molar-refractivity contribution in [1.82, 2.24) is 10.0 Å². The lowest BCUT2D eigenvalue weighted by atomic mass is 10.3. The Hall–Kier alpha value is -0.430. The highest BCUT2D eigenvalue weighted by atomic mass is 32.2. The molecule has 0 amide bonds. The maximum atomic E-state index is 11.9. The van der Waals surface area contributed by atoms with Crippen LogP contribution in [0.2, 0.25) is 0 Å². The molecule has 1 unspecified atom stereocenters. The molecule has 0 spiro atoms. The van der Waals surface area contributed by atoms with Crippen molar-refractivity contribution in [3.05, 3.63) is 22.4 Å². The molecule has 0 bridgehead atoms. The van der Waals surface area contributed by atoms with Crippen molar-refractivity contribution in [3.63, 3.8) is 0 Å². The van der Waals surface area contributed by atoms with E-state index in [-0.39, 0.29) is 0 Å². The molecule has 1 rings (SSSR count). The summed E-state index contributed by atoms with van der Waals surface area (Å²) in [6.45, 7) is 6.55. The Morgan fingerprint density at radius 1 is 1.35 bits per heavy atom. The first-order valence-electron chi connectivity index (χ1n) is 5.64. The third kappa shape index (κ3) is 5.16. The maximum absolute atomic E-state index is 11.9. The third-order valence-corrected chi connectivity index (χ3v) is 4.91. The van der Waals surface area contributed by atoms with Gasteiger partial charge in [0.05, 0.1) is 5.25 Å². The minimum Gasteiger partial charge on any atom is -0.313 e. The summed E-state index contributed by atoms with van der Waals surface area (Å²) >= 11 is 1.57. The van der Waals surface area contributed by atoms with Gasteiger partial charge in [-0.05, 0) is 29.3 Å². The van der Waals surface area contributed by atoms with Gasteiger partial charge < -0.3 is 5.32 Å². The molecule has 1 heterocycles.